The minimum Gasteiger partial charge on any atom is -0.305 e. The van der Waals surface area contributed by atoms with Crippen molar-refractivity contribution in [1.82, 2.24) is 15.0 Å². The summed E-state index contributed by atoms with van der Waals surface area (Å²) in [6.07, 6.45) is 8.09. The molecule has 6 heteroatoms. The third kappa shape index (κ3) is 3.89. The van der Waals surface area contributed by atoms with Gasteiger partial charge in [0.05, 0.1) is 6.20 Å². The molecule has 136 valence electrons. The zero-order valence-electron chi connectivity index (χ0n) is 14.7. The summed E-state index contributed by atoms with van der Waals surface area (Å²) in [6.45, 7) is 0. The van der Waals surface area contributed by atoms with E-state index in [1.54, 1.807) is 36.8 Å². The largest absolute Gasteiger partial charge is 0.305 e. The van der Waals surface area contributed by atoms with Crippen LogP contribution in [0.25, 0.3) is 22.3 Å². The van der Waals surface area contributed by atoms with Crippen LogP contribution in [0.5, 0.6) is 0 Å². The summed E-state index contributed by atoms with van der Waals surface area (Å²) >= 11 is 6.39. The van der Waals surface area contributed by atoms with Crippen LogP contribution in [0, 0.1) is 0 Å². The fraction of sp³-hybridized carbons (Fsp3) is 0. The van der Waals surface area contributed by atoms with Crippen LogP contribution in [0.2, 0.25) is 5.02 Å². The predicted octanol–water partition coefficient (Wildman–Crippen LogP) is 5.11. The summed E-state index contributed by atoms with van der Waals surface area (Å²) in [7, 11) is 0. The van der Waals surface area contributed by atoms with E-state index < -0.39 is 0 Å². The first kappa shape index (κ1) is 17.8. The number of nitrogens with one attached hydrogen (secondary N) is 1. The van der Waals surface area contributed by atoms with Gasteiger partial charge >= 0.3 is 0 Å². The maximum absolute atomic E-state index is 12.5. The van der Waals surface area contributed by atoms with E-state index in [0.29, 0.717) is 16.4 Å². The van der Waals surface area contributed by atoms with E-state index in [-0.39, 0.29) is 5.91 Å². The summed E-state index contributed by atoms with van der Waals surface area (Å²) in [5, 5.41) is 3.30. The summed E-state index contributed by atoms with van der Waals surface area (Å²) in [4.78, 5) is 24.6. The van der Waals surface area contributed by atoms with Gasteiger partial charge in [-0.1, -0.05) is 35.9 Å². The molecule has 1 amide bonds. The Labute approximate surface area is 167 Å². The molecule has 0 fully saturated rings. The number of halogens is 1. The van der Waals surface area contributed by atoms with Crippen molar-refractivity contribution in [2.75, 3.05) is 5.32 Å². The molecule has 0 aliphatic heterocycles. The summed E-state index contributed by atoms with van der Waals surface area (Å²) in [5.41, 5.74) is 4.37. The number of hydrogen-bond donors (Lipinski definition) is 1. The van der Waals surface area contributed by atoms with Crippen molar-refractivity contribution in [3.8, 4) is 22.3 Å². The molecule has 2 aromatic carbocycles. The molecule has 0 atom stereocenters. The lowest BCUT2D eigenvalue weighted by atomic mass is 9.99. The fourth-order valence-corrected chi connectivity index (χ4v) is 3.05. The van der Waals surface area contributed by atoms with E-state index in [2.05, 4.69) is 20.3 Å². The second kappa shape index (κ2) is 7.98. The van der Waals surface area contributed by atoms with Gasteiger partial charge in [-0.15, -0.1) is 0 Å². The van der Waals surface area contributed by atoms with Crippen molar-refractivity contribution < 1.29 is 4.79 Å². The quantitative estimate of drug-likeness (QED) is 0.529. The summed E-state index contributed by atoms with van der Waals surface area (Å²) < 4.78 is 0. The lowest BCUT2D eigenvalue weighted by Crippen LogP contribution is -2.13. The lowest BCUT2D eigenvalue weighted by molar-refractivity contribution is 0.102. The Balaban J connectivity index is 1.61. The number of aromatic nitrogens is 3. The summed E-state index contributed by atoms with van der Waals surface area (Å²) in [6, 6.07) is 17.1. The van der Waals surface area contributed by atoms with Gasteiger partial charge in [0.15, 0.2) is 5.82 Å². The van der Waals surface area contributed by atoms with Crippen molar-refractivity contribution in [3.63, 3.8) is 0 Å². The highest BCUT2D eigenvalue weighted by atomic mass is 35.5. The van der Waals surface area contributed by atoms with E-state index in [4.69, 9.17) is 11.6 Å². The van der Waals surface area contributed by atoms with Crippen LogP contribution in [0.4, 0.5) is 5.82 Å². The van der Waals surface area contributed by atoms with Crippen molar-refractivity contribution >= 4 is 23.3 Å². The number of amides is 1. The molecule has 5 nitrogen and oxygen atoms in total. The van der Waals surface area contributed by atoms with Gasteiger partial charge in [0, 0.05) is 40.9 Å². The number of pyridine rings is 1. The molecule has 0 aliphatic carbocycles. The number of benzene rings is 2. The summed E-state index contributed by atoms with van der Waals surface area (Å²) in [5.74, 6) is 0.123. The maximum atomic E-state index is 12.5. The molecule has 0 saturated carbocycles. The molecule has 0 bridgehead atoms. The molecular formula is C22H15ClN4O. The number of nitrogens with zero attached hydrogens (tertiary/aromatic N) is 3. The van der Waals surface area contributed by atoms with Crippen LogP contribution in [-0.2, 0) is 0 Å². The monoisotopic (exact) mass is 386 g/mol. The molecule has 4 aromatic rings. The van der Waals surface area contributed by atoms with Gasteiger partial charge in [-0.05, 0) is 47.0 Å². The molecule has 0 radical (unpaired) electrons. The molecule has 0 aliphatic rings. The van der Waals surface area contributed by atoms with E-state index in [1.807, 2.05) is 36.4 Å². The van der Waals surface area contributed by atoms with Gasteiger partial charge in [0.1, 0.15) is 0 Å². The number of anilines is 1. The van der Waals surface area contributed by atoms with E-state index >= 15 is 0 Å². The zero-order chi connectivity index (χ0) is 19.3. The molecule has 0 saturated heterocycles. The first-order valence-corrected chi connectivity index (χ1v) is 8.96. The maximum Gasteiger partial charge on any atom is 0.256 e. The standard InChI is InChI=1S/C22H15ClN4O/c23-20-6-5-18(22(28)27-21-14-25-11-12-26-21)13-19(20)17-3-1-15(2-4-17)16-7-9-24-10-8-16/h1-14H,(H,26,27,28). The van der Waals surface area contributed by atoms with Crippen molar-refractivity contribution in [3.05, 3.63) is 96.2 Å². The molecule has 0 spiro atoms. The van der Waals surface area contributed by atoms with Crippen LogP contribution < -0.4 is 5.32 Å². The molecule has 1 N–H and O–H groups in total. The third-order valence-electron chi connectivity index (χ3n) is 4.24. The highest BCUT2D eigenvalue weighted by Crippen LogP contribution is 2.31. The van der Waals surface area contributed by atoms with Crippen molar-refractivity contribution in [1.29, 1.82) is 0 Å². The van der Waals surface area contributed by atoms with Gasteiger partial charge < -0.3 is 5.32 Å². The molecule has 2 aromatic heterocycles. The van der Waals surface area contributed by atoms with Crippen LogP contribution in [0.15, 0.2) is 85.6 Å². The number of carbonyl (C=O) groups is 1. The second-order valence-electron chi connectivity index (χ2n) is 6.05. The topological polar surface area (TPSA) is 67.8 Å². The third-order valence-corrected chi connectivity index (χ3v) is 4.57. The Kier molecular flexibility index (Phi) is 5.08. The van der Waals surface area contributed by atoms with Gasteiger partial charge in [-0.25, -0.2) is 4.98 Å². The van der Waals surface area contributed by atoms with Gasteiger partial charge in [-0.3, -0.25) is 14.8 Å². The number of hydrogen-bond acceptors (Lipinski definition) is 4. The van der Waals surface area contributed by atoms with Crippen LogP contribution in [0.1, 0.15) is 10.4 Å². The highest BCUT2D eigenvalue weighted by Gasteiger charge is 2.11. The molecule has 28 heavy (non-hydrogen) atoms. The van der Waals surface area contributed by atoms with Crippen molar-refractivity contribution in [2.45, 2.75) is 0 Å². The lowest BCUT2D eigenvalue weighted by Gasteiger charge is -2.09. The number of carbonyl (C=O) groups excluding carboxylic acids is 1. The smallest absolute Gasteiger partial charge is 0.256 e. The highest BCUT2D eigenvalue weighted by molar-refractivity contribution is 6.33. The first-order chi connectivity index (χ1) is 13.7. The average Bonchev–Trinajstić information content (AvgIpc) is 2.75. The first-order valence-electron chi connectivity index (χ1n) is 8.58. The Bertz CT molecular complexity index is 1100. The van der Waals surface area contributed by atoms with Crippen LogP contribution >= 0.6 is 11.6 Å². The molecule has 4 rings (SSSR count). The van der Waals surface area contributed by atoms with Crippen molar-refractivity contribution in [2.24, 2.45) is 0 Å². The number of rotatable bonds is 4. The average molecular weight is 387 g/mol. The van der Waals surface area contributed by atoms with Gasteiger partial charge in [0.25, 0.3) is 5.91 Å². The van der Waals surface area contributed by atoms with E-state index in [0.717, 1.165) is 22.3 Å². The normalized spacial score (nSPS) is 10.5. The van der Waals surface area contributed by atoms with Gasteiger partial charge in [0.2, 0.25) is 0 Å². The molecule has 0 unspecified atom stereocenters. The Hall–Kier alpha value is -3.57. The Morgan fingerprint density at radius 3 is 2.21 bits per heavy atom. The second-order valence-corrected chi connectivity index (χ2v) is 6.46. The minimum absolute atomic E-state index is 0.271. The fourth-order valence-electron chi connectivity index (χ4n) is 2.83. The van der Waals surface area contributed by atoms with E-state index in [1.165, 1.54) is 12.4 Å². The predicted molar refractivity (Wildman–Crippen MR) is 110 cm³/mol. The van der Waals surface area contributed by atoms with Crippen LogP contribution in [0.3, 0.4) is 0 Å². The van der Waals surface area contributed by atoms with Crippen LogP contribution in [-0.4, -0.2) is 20.9 Å². The molecular weight excluding hydrogens is 372 g/mol. The minimum atomic E-state index is -0.271. The van der Waals surface area contributed by atoms with E-state index in [9.17, 15) is 4.79 Å². The zero-order valence-corrected chi connectivity index (χ0v) is 15.5. The Morgan fingerprint density at radius 1 is 0.786 bits per heavy atom. The molecule has 2 heterocycles. The SMILES string of the molecule is O=C(Nc1cnccn1)c1ccc(Cl)c(-c2ccc(-c3ccncc3)cc2)c1. The Morgan fingerprint density at radius 2 is 1.50 bits per heavy atom. The van der Waals surface area contributed by atoms with Gasteiger partial charge in [-0.2, -0.15) is 0 Å².